The molecule has 0 unspecified atom stereocenters. The van der Waals surface area contributed by atoms with E-state index < -0.39 is 0 Å². The predicted octanol–water partition coefficient (Wildman–Crippen LogP) is 2.31. The Hall–Kier alpha value is -2.39. The van der Waals surface area contributed by atoms with Crippen molar-refractivity contribution in [1.82, 2.24) is 20.2 Å². The lowest BCUT2D eigenvalue weighted by Gasteiger charge is -2.05. The summed E-state index contributed by atoms with van der Waals surface area (Å²) in [6, 6.07) is 9.98. The molecule has 6 nitrogen and oxygen atoms in total. The van der Waals surface area contributed by atoms with Gasteiger partial charge in [-0.05, 0) is 30.0 Å². The summed E-state index contributed by atoms with van der Waals surface area (Å²) in [6.45, 7) is 0.587. The SMILES string of the molecule is Nn1c(SCC(=O)NCCc2cccs2)nnc1-c1cccc(F)c1. The second kappa shape index (κ2) is 8.13. The van der Waals surface area contributed by atoms with Gasteiger partial charge >= 0.3 is 0 Å². The van der Waals surface area contributed by atoms with E-state index in [1.54, 1.807) is 23.5 Å². The molecule has 130 valence electrons. The van der Waals surface area contributed by atoms with Gasteiger partial charge in [0.2, 0.25) is 11.1 Å². The first-order valence-corrected chi connectivity index (χ1v) is 9.38. The van der Waals surface area contributed by atoms with Crippen LogP contribution in [-0.4, -0.2) is 33.1 Å². The Kier molecular flexibility index (Phi) is 5.67. The molecule has 3 rings (SSSR count). The number of nitrogens with one attached hydrogen (secondary N) is 1. The molecule has 1 amide bonds. The minimum Gasteiger partial charge on any atom is -0.355 e. The van der Waals surface area contributed by atoms with E-state index in [4.69, 9.17) is 5.84 Å². The van der Waals surface area contributed by atoms with E-state index in [2.05, 4.69) is 15.5 Å². The highest BCUT2D eigenvalue weighted by atomic mass is 32.2. The fourth-order valence-corrected chi connectivity index (χ4v) is 3.56. The Bertz CT molecular complexity index is 850. The number of aromatic nitrogens is 3. The Balaban J connectivity index is 1.52. The van der Waals surface area contributed by atoms with Crippen LogP contribution in [0.25, 0.3) is 11.4 Å². The average Bonchev–Trinajstić information content (AvgIpc) is 3.23. The molecule has 0 radical (unpaired) electrons. The van der Waals surface area contributed by atoms with Crippen LogP contribution in [0.5, 0.6) is 0 Å². The third kappa shape index (κ3) is 4.58. The van der Waals surface area contributed by atoms with Crippen LogP contribution >= 0.6 is 23.1 Å². The van der Waals surface area contributed by atoms with Gasteiger partial charge < -0.3 is 11.2 Å². The van der Waals surface area contributed by atoms with Crippen molar-refractivity contribution >= 4 is 29.0 Å². The van der Waals surface area contributed by atoms with E-state index in [0.29, 0.717) is 23.1 Å². The van der Waals surface area contributed by atoms with Gasteiger partial charge in [0.15, 0.2) is 5.82 Å². The summed E-state index contributed by atoms with van der Waals surface area (Å²) < 4.78 is 14.6. The van der Waals surface area contributed by atoms with Crippen molar-refractivity contribution in [3.05, 3.63) is 52.5 Å². The number of hydrogen-bond acceptors (Lipinski definition) is 6. The molecule has 0 saturated carbocycles. The smallest absolute Gasteiger partial charge is 0.230 e. The largest absolute Gasteiger partial charge is 0.355 e. The summed E-state index contributed by atoms with van der Waals surface area (Å²) >= 11 is 2.85. The Morgan fingerprint density at radius 3 is 2.96 bits per heavy atom. The van der Waals surface area contributed by atoms with Crippen molar-refractivity contribution in [2.24, 2.45) is 0 Å². The summed E-state index contributed by atoms with van der Waals surface area (Å²) in [5.41, 5.74) is 0.530. The molecular weight excluding hydrogens is 361 g/mol. The van der Waals surface area contributed by atoms with Crippen molar-refractivity contribution in [3.63, 3.8) is 0 Å². The lowest BCUT2D eigenvalue weighted by Crippen LogP contribution is -2.27. The minimum absolute atomic E-state index is 0.100. The number of hydrogen-bond donors (Lipinski definition) is 2. The van der Waals surface area contributed by atoms with E-state index in [9.17, 15) is 9.18 Å². The molecule has 0 aliphatic heterocycles. The Labute approximate surface area is 152 Å². The van der Waals surface area contributed by atoms with Crippen molar-refractivity contribution in [1.29, 1.82) is 0 Å². The van der Waals surface area contributed by atoms with E-state index in [1.807, 2.05) is 17.5 Å². The number of nitrogens with two attached hydrogens (primary N) is 1. The third-order valence-corrected chi connectivity index (χ3v) is 5.23. The summed E-state index contributed by atoms with van der Waals surface area (Å²) in [5.74, 6) is 6.01. The van der Waals surface area contributed by atoms with Crippen molar-refractivity contribution in [2.45, 2.75) is 11.6 Å². The van der Waals surface area contributed by atoms with E-state index >= 15 is 0 Å². The molecule has 0 aliphatic carbocycles. The van der Waals surface area contributed by atoms with Crippen LogP contribution in [0.3, 0.4) is 0 Å². The van der Waals surface area contributed by atoms with Gasteiger partial charge in [0.1, 0.15) is 5.82 Å². The van der Waals surface area contributed by atoms with Gasteiger partial charge in [-0.3, -0.25) is 4.79 Å². The predicted molar refractivity (Wildman–Crippen MR) is 97.3 cm³/mol. The summed E-state index contributed by atoms with van der Waals surface area (Å²) in [5, 5.41) is 13.2. The zero-order chi connectivity index (χ0) is 17.6. The summed E-state index contributed by atoms with van der Waals surface area (Å²) in [6.07, 6.45) is 0.810. The number of nitrogens with zero attached hydrogens (tertiary/aromatic N) is 3. The van der Waals surface area contributed by atoms with Crippen LogP contribution in [-0.2, 0) is 11.2 Å². The first-order chi connectivity index (χ1) is 12.1. The highest BCUT2D eigenvalue weighted by molar-refractivity contribution is 7.99. The Morgan fingerprint density at radius 1 is 1.32 bits per heavy atom. The molecule has 0 aliphatic rings. The van der Waals surface area contributed by atoms with Crippen molar-refractivity contribution < 1.29 is 9.18 Å². The van der Waals surface area contributed by atoms with Crippen LogP contribution in [0.1, 0.15) is 4.88 Å². The molecule has 3 N–H and O–H groups in total. The monoisotopic (exact) mass is 377 g/mol. The normalized spacial score (nSPS) is 10.8. The first kappa shape index (κ1) is 17.4. The topological polar surface area (TPSA) is 85.8 Å². The van der Waals surface area contributed by atoms with Crippen LogP contribution < -0.4 is 11.2 Å². The average molecular weight is 377 g/mol. The lowest BCUT2D eigenvalue weighted by atomic mass is 10.2. The van der Waals surface area contributed by atoms with Gasteiger partial charge in [0.25, 0.3) is 0 Å². The van der Waals surface area contributed by atoms with Gasteiger partial charge in [-0.2, -0.15) is 0 Å². The lowest BCUT2D eigenvalue weighted by molar-refractivity contribution is -0.118. The molecule has 2 heterocycles. The van der Waals surface area contributed by atoms with Crippen LogP contribution in [0, 0.1) is 5.82 Å². The molecule has 0 saturated heterocycles. The van der Waals surface area contributed by atoms with E-state index in [0.717, 1.165) is 6.42 Å². The zero-order valence-electron chi connectivity index (χ0n) is 13.2. The first-order valence-electron chi connectivity index (χ1n) is 7.52. The summed E-state index contributed by atoms with van der Waals surface area (Å²) in [7, 11) is 0. The highest BCUT2D eigenvalue weighted by Gasteiger charge is 2.14. The molecular formula is C16H16FN5OS2. The van der Waals surface area contributed by atoms with Crippen molar-refractivity contribution in [2.75, 3.05) is 18.1 Å². The molecule has 0 atom stereocenters. The van der Waals surface area contributed by atoms with Gasteiger partial charge in [-0.25, -0.2) is 9.07 Å². The molecule has 2 aromatic heterocycles. The Morgan fingerprint density at radius 2 is 2.20 bits per heavy atom. The highest BCUT2D eigenvalue weighted by Crippen LogP contribution is 2.21. The quantitative estimate of drug-likeness (QED) is 0.487. The fraction of sp³-hybridized carbons (Fsp3) is 0.188. The number of rotatable bonds is 7. The van der Waals surface area contributed by atoms with Gasteiger partial charge in [0.05, 0.1) is 5.75 Å². The van der Waals surface area contributed by atoms with Gasteiger partial charge in [0, 0.05) is 17.0 Å². The maximum atomic E-state index is 13.3. The fourth-order valence-electron chi connectivity index (χ4n) is 2.16. The maximum absolute atomic E-state index is 13.3. The molecule has 3 aromatic rings. The number of nitrogen functional groups attached to an aromatic ring is 1. The number of benzene rings is 1. The van der Waals surface area contributed by atoms with Crippen LogP contribution in [0.15, 0.2) is 46.9 Å². The van der Waals surface area contributed by atoms with E-state index in [1.165, 1.54) is 33.4 Å². The third-order valence-electron chi connectivity index (χ3n) is 3.35. The van der Waals surface area contributed by atoms with E-state index in [-0.39, 0.29) is 17.5 Å². The molecule has 0 bridgehead atoms. The maximum Gasteiger partial charge on any atom is 0.230 e. The molecule has 0 fully saturated rings. The number of thioether (sulfide) groups is 1. The van der Waals surface area contributed by atoms with Crippen molar-refractivity contribution in [3.8, 4) is 11.4 Å². The number of amides is 1. The number of carbonyl (C=O) groups is 1. The zero-order valence-corrected chi connectivity index (χ0v) is 14.8. The molecule has 9 heteroatoms. The number of thiophene rings is 1. The van der Waals surface area contributed by atoms with Crippen LogP contribution in [0.2, 0.25) is 0 Å². The standard InChI is InChI=1S/C16H16FN5OS2/c17-12-4-1-3-11(9-12)15-20-21-16(22(15)18)25-10-14(23)19-7-6-13-5-2-8-24-13/h1-5,8-9H,6-7,10,18H2,(H,19,23). The molecule has 1 aromatic carbocycles. The summed E-state index contributed by atoms with van der Waals surface area (Å²) in [4.78, 5) is 13.1. The van der Waals surface area contributed by atoms with Gasteiger partial charge in [-0.1, -0.05) is 30.0 Å². The second-order valence-corrected chi connectivity index (χ2v) is 7.13. The second-order valence-electron chi connectivity index (χ2n) is 5.15. The van der Waals surface area contributed by atoms with Crippen LogP contribution in [0.4, 0.5) is 4.39 Å². The minimum atomic E-state index is -0.375. The number of carbonyl (C=O) groups excluding carboxylic acids is 1. The van der Waals surface area contributed by atoms with Gasteiger partial charge in [-0.15, -0.1) is 21.5 Å². The molecule has 25 heavy (non-hydrogen) atoms. The number of halogens is 1. The molecule has 0 spiro atoms.